The van der Waals surface area contributed by atoms with Crippen LogP contribution in [0.2, 0.25) is 0 Å². The molecule has 1 N–H and O–H groups in total. The van der Waals surface area contributed by atoms with Crippen molar-refractivity contribution in [3.8, 4) is 0 Å². The Labute approximate surface area is 101 Å². The largest absolute Gasteiger partial charge is 0.302 e. The summed E-state index contributed by atoms with van der Waals surface area (Å²) in [6.45, 7) is 1.80. The van der Waals surface area contributed by atoms with Crippen molar-refractivity contribution in [3.05, 3.63) is 35.1 Å². The van der Waals surface area contributed by atoms with E-state index < -0.39 is 0 Å². The molecular formula is C14H16N2O. The van der Waals surface area contributed by atoms with Gasteiger partial charge in [0.05, 0.1) is 11.4 Å². The van der Waals surface area contributed by atoms with Gasteiger partial charge in [-0.05, 0) is 30.9 Å². The fourth-order valence-electron chi connectivity index (χ4n) is 2.05. The lowest BCUT2D eigenvalue weighted by atomic mass is 9.94. The third kappa shape index (κ3) is 2.49. The molecule has 0 aromatic heterocycles. The van der Waals surface area contributed by atoms with Gasteiger partial charge in [-0.1, -0.05) is 19.1 Å². The molecule has 88 valence electrons. The summed E-state index contributed by atoms with van der Waals surface area (Å²) in [4.78, 5) is 15.7. The molecule has 3 nitrogen and oxygen atoms in total. The van der Waals surface area contributed by atoms with Crippen LogP contribution < -0.4 is 0 Å². The zero-order valence-corrected chi connectivity index (χ0v) is 9.99. The number of carbonyl (C=O) groups excluding carboxylic acids is 1. The number of nitrogens with one attached hydrogen (secondary N) is 1. The maximum absolute atomic E-state index is 11.3. The first-order valence-corrected chi connectivity index (χ1v) is 5.96. The number of aliphatic imine (C=N–C) groups is 1. The summed E-state index contributed by atoms with van der Waals surface area (Å²) in [6, 6.07) is 0. The van der Waals surface area contributed by atoms with Crippen molar-refractivity contribution in [3.63, 3.8) is 0 Å². The third-order valence-electron chi connectivity index (χ3n) is 3.06. The number of Topliss-reactive ketones (excluding diaryl/α,β-unsaturated/α-hetero) is 1. The molecular weight excluding hydrogens is 212 g/mol. The molecule has 0 aromatic carbocycles. The first-order valence-electron chi connectivity index (χ1n) is 5.96. The lowest BCUT2D eigenvalue weighted by Crippen LogP contribution is -2.11. The van der Waals surface area contributed by atoms with E-state index in [1.807, 2.05) is 12.3 Å². The van der Waals surface area contributed by atoms with Crippen molar-refractivity contribution >= 4 is 17.7 Å². The fourth-order valence-corrected chi connectivity index (χ4v) is 2.05. The zero-order chi connectivity index (χ0) is 12.3. The first-order chi connectivity index (χ1) is 8.22. The molecule has 0 saturated heterocycles. The highest BCUT2D eigenvalue weighted by molar-refractivity contribution is 6.38. The maximum Gasteiger partial charge on any atom is 0.176 e. The van der Waals surface area contributed by atoms with Gasteiger partial charge in [0.15, 0.2) is 5.78 Å². The van der Waals surface area contributed by atoms with E-state index in [1.165, 1.54) is 5.57 Å². The molecule has 1 aliphatic carbocycles. The Kier molecular flexibility index (Phi) is 3.47. The standard InChI is InChI=1S/C14H16N2O/c1-2-13(17)12(15)7-6-10-4-3-5-11-8-9-16-14(10)11/h3,5,8-9,15H,2,4,6-7H2,1H3. The van der Waals surface area contributed by atoms with E-state index in [9.17, 15) is 4.79 Å². The van der Waals surface area contributed by atoms with E-state index in [0.717, 1.165) is 24.1 Å². The van der Waals surface area contributed by atoms with Crippen LogP contribution >= 0.6 is 0 Å². The van der Waals surface area contributed by atoms with Crippen LogP contribution in [0.4, 0.5) is 0 Å². The first kappa shape index (κ1) is 11.7. The second kappa shape index (κ2) is 5.04. The van der Waals surface area contributed by atoms with Crippen LogP contribution in [-0.4, -0.2) is 17.7 Å². The Morgan fingerprint density at radius 3 is 3.12 bits per heavy atom. The maximum atomic E-state index is 11.3. The van der Waals surface area contributed by atoms with E-state index in [-0.39, 0.29) is 11.5 Å². The van der Waals surface area contributed by atoms with Gasteiger partial charge in [-0.15, -0.1) is 0 Å². The molecule has 0 radical (unpaired) electrons. The lowest BCUT2D eigenvalue weighted by Gasteiger charge is -2.13. The average Bonchev–Trinajstić information content (AvgIpc) is 2.83. The number of hydrogen-bond donors (Lipinski definition) is 1. The van der Waals surface area contributed by atoms with Crippen LogP contribution in [0.15, 0.2) is 40.1 Å². The lowest BCUT2D eigenvalue weighted by molar-refractivity contribution is -0.112. The summed E-state index contributed by atoms with van der Waals surface area (Å²) in [6.07, 6.45) is 10.6. The molecule has 3 heteroatoms. The number of fused-ring (bicyclic) bond motifs is 1. The number of nitrogens with zero attached hydrogens (tertiary/aromatic N) is 1. The SMILES string of the molecule is CCC(=O)C(=N)CCC1=C2N=CC=C2C=CC1. The van der Waals surface area contributed by atoms with Crippen molar-refractivity contribution in [1.82, 2.24) is 0 Å². The second-order valence-corrected chi connectivity index (χ2v) is 4.21. The van der Waals surface area contributed by atoms with Gasteiger partial charge < -0.3 is 5.41 Å². The zero-order valence-electron chi connectivity index (χ0n) is 9.99. The Bertz CT molecular complexity index is 478. The Morgan fingerprint density at radius 2 is 2.35 bits per heavy atom. The van der Waals surface area contributed by atoms with E-state index in [1.54, 1.807) is 6.92 Å². The van der Waals surface area contributed by atoms with Crippen LogP contribution in [0.25, 0.3) is 0 Å². The summed E-state index contributed by atoms with van der Waals surface area (Å²) in [5.41, 5.74) is 3.67. The van der Waals surface area contributed by atoms with Gasteiger partial charge >= 0.3 is 0 Å². The molecule has 0 spiro atoms. The Morgan fingerprint density at radius 1 is 1.53 bits per heavy atom. The number of ketones is 1. The average molecular weight is 228 g/mol. The molecule has 1 heterocycles. The third-order valence-corrected chi connectivity index (χ3v) is 3.06. The highest BCUT2D eigenvalue weighted by atomic mass is 16.1. The van der Waals surface area contributed by atoms with Crippen LogP contribution in [0.3, 0.4) is 0 Å². The molecule has 1 aliphatic heterocycles. The van der Waals surface area contributed by atoms with Crippen LogP contribution in [0.5, 0.6) is 0 Å². The van der Waals surface area contributed by atoms with Gasteiger partial charge in [0.1, 0.15) is 0 Å². The van der Waals surface area contributed by atoms with E-state index >= 15 is 0 Å². The highest BCUT2D eigenvalue weighted by Gasteiger charge is 2.16. The molecule has 0 aromatic rings. The summed E-state index contributed by atoms with van der Waals surface area (Å²) < 4.78 is 0. The quantitative estimate of drug-likeness (QED) is 0.722. The second-order valence-electron chi connectivity index (χ2n) is 4.21. The number of carbonyl (C=O) groups is 1. The van der Waals surface area contributed by atoms with E-state index in [0.29, 0.717) is 12.8 Å². The normalized spacial score (nSPS) is 17.1. The minimum atomic E-state index is -0.0485. The predicted octanol–water partition coefficient (Wildman–Crippen LogP) is 2.99. The van der Waals surface area contributed by atoms with Crippen molar-refractivity contribution in [2.75, 3.05) is 0 Å². The van der Waals surface area contributed by atoms with Gasteiger partial charge in [0.2, 0.25) is 0 Å². The molecule has 2 aliphatic rings. The molecule has 0 bridgehead atoms. The number of hydrogen-bond acceptors (Lipinski definition) is 3. The molecule has 0 saturated carbocycles. The van der Waals surface area contributed by atoms with Gasteiger partial charge in [-0.25, -0.2) is 0 Å². The van der Waals surface area contributed by atoms with Crippen molar-refractivity contribution < 1.29 is 4.79 Å². The van der Waals surface area contributed by atoms with Crippen LogP contribution in [-0.2, 0) is 4.79 Å². The highest BCUT2D eigenvalue weighted by Crippen LogP contribution is 2.30. The Hall–Kier alpha value is -1.77. The summed E-state index contributed by atoms with van der Waals surface area (Å²) in [7, 11) is 0. The molecule has 17 heavy (non-hydrogen) atoms. The molecule has 2 rings (SSSR count). The van der Waals surface area contributed by atoms with Gasteiger partial charge in [0, 0.05) is 18.2 Å². The topological polar surface area (TPSA) is 53.3 Å². The van der Waals surface area contributed by atoms with Crippen molar-refractivity contribution in [2.45, 2.75) is 32.6 Å². The fraction of sp³-hybridized carbons (Fsp3) is 0.357. The number of allylic oxidation sites excluding steroid dienone is 4. The van der Waals surface area contributed by atoms with Crippen LogP contribution in [0, 0.1) is 5.41 Å². The smallest absolute Gasteiger partial charge is 0.176 e. The Balaban J connectivity index is 2.01. The minimum absolute atomic E-state index is 0.0485. The number of rotatable bonds is 5. The van der Waals surface area contributed by atoms with Gasteiger partial charge in [-0.3, -0.25) is 9.79 Å². The van der Waals surface area contributed by atoms with Crippen molar-refractivity contribution in [1.29, 1.82) is 5.41 Å². The van der Waals surface area contributed by atoms with Crippen LogP contribution in [0.1, 0.15) is 32.6 Å². The minimum Gasteiger partial charge on any atom is -0.302 e. The summed E-state index contributed by atoms with van der Waals surface area (Å²) >= 11 is 0. The summed E-state index contributed by atoms with van der Waals surface area (Å²) in [5.74, 6) is -0.0485. The van der Waals surface area contributed by atoms with Gasteiger partial charge in [-0.2, -0.15) is 0 Å². The van der Waals surface area contributed by atoms with E-state index in [4.69, 9.17) is 5.41 Å². The molecule has 0 amide bonds. The summed E-state index contributed by atoms with van der Waals surface area (Å²) in [5, 5.41) is 7.66. The molecule has 0 fully saturated rings. The molecule has 0 atom stereocenters. The van der Waals surface area contributed by atoms with Crippen molar-refractivity contribution in [2.24, 2.45) is 4.99 Å². The van der Waals surface area contributed by atoms with Gasteiger partial charge in [0.25, 0.3) is 0 Å². The predicted molar refractivity (Wildman–Crippen MR) is 69.6 cm³/mol. The monoisotopic (exact) mass is 228 g/mol. The van der Waals surface area contributed by atoms with E-state index in [2.05, 4.69) is 17.1 Å². The molecule has 0 unspecified atom stereocenters.